The molecule has 0 spiro atoms. The molecule has 1 rings (SSSR count). The van der Waals surface area contributed by atoms with Crippen molar-refractivity contribution in [1.82, 2.24) is 0 Å². The van der Waals surface area contributed by atoms with Gasteiger partial charge in [-0.05, 0) is 12.1 Å². The third kappa shape index (κ3) is 3.36. The van der Waals surface area contributed by atoms with Gasteiger partial charge in [0.15, 0.2) is 0 Å². The molecule has 0 atom stereocenters. The minimum Gasteiger partial charge on any atom is -0.465 e. The van der Waals surface area contributed by atoms with Gasteiger partial charge in [0.25, 0.3) is 0 Å². The van der Waals surface area contributed by atoms with Crippen molar-refractivity contribution in [2.75, 3.05) is 12.4 Å². The smallest absolute Gasteiger partial charge is 0.340 e. The zero-order chi connectivity index (χ0) is 13.7. The van der Waals surface area contributed by atoms with E-state index in [1.54, 1.807) is 6.07 Å². The summed E-state index contributed by atoms with van der Waals surface area (Å²) in [6.45, 7) is 0. The Balaban J connectivity index is 3.16. The van der Waals surface area contributed by atoms with Crippen molar-refractivity contribution in [3.05, 3.63) is 27.7 Å². The SMILES string of the molecule is COC(=O)c1cc(Cl)c(Cl)cc1NC(=O)CC#N. The lowest BCUT2D eigenvalue weighted by Crippen LogP contribution is -2.14. The lowest BCUT2D eigenvalue weighted by Gasteiger charge is -2.10. The van der Waals surface area contributed by atoms with Crippen molar-refractivity contribution in [1.29, 1.82) is 5.26 Å². The predicted octanol–water partition coefficient (Wildman–Crippen LogP) is 2.63. The zero-order valence-electron chi connectivity index (χ0n) is 9.29. The third-order valence-corrected chi connectivity index (χ3v) is 2.70. The highest BCUT2D eigenvalue weighted by molar-refractivity contribution is 6.42. The van der Waals surface area contributed by atoms with E-state index < -0.39 is 11.9 Å². The lowest BCUT2D eigenvalue weighted by atomic mass is 10.1. The second-order valence-corrected chi connectivity index (χ2v) is 4.00. The lowest BCUT2D eigenvalue weighted by molar-refractivity contribution is -0.115. The average molecular weight is 287 g/mol. The topological polar surface area (TPSA) is 79.2 Å². The molecular weight excluding hydrogens is 279 g/mol. The van der Waals surface area contributed by atoms with Gasteiger partial charge >= 0.3 is 5.97 Å². The summed E-state index contributed by atoms with van der Waals surface area (Å²) >= 11 is 11.6. The minimum atomic E-state index is -0.666. The van der Waals surface area contributed by atoms with Crippen molar-refractivity contribution in [2.24, 2.45) is 0 Å². The number of rotatable bonds is 3. The Labute approximate surface area is 113 Å². The number of carbonyl (C=O) groups is 2. The van der Waals surface area contributed by atoms with Crippen LogP contribution in [0.3, 0.4) is 0 Å². The first-order valence-electron chi connectivity index (χ1n) is 4.73. The Bertz CT molecular complexity index is 538. The van der Waals surface area contributed by atoms with Gasteiger partial charge in [-0.3, -0.25) is 4.79 Å². The summed E-state index contributed by atoms with van der Waals surface area (Å²) in [4.78, 5) is 22.8. The molecule has 1 amide bonds. The van der Waals surface area contributed by atoms with E-state index in [-0.39, 0.29) is 27.7 Å². The Kier molecular flexibility index (Phi) is 4.95. The minimum absolute atomic E-state index is 0.0678. The number of hydrogen-bond acceptors (Lipinski definition) is 4. The third-order valence-electron chi connectivity index (χ3n) is 1.98. The molecule has 18 heavy (non-hydrogen) atoms. The molecule has 0 aliphatic rings. The molecule has 5 nitrogen and oxygen atoms in total. The highest BCUT2D eigenvalue weighted by Gasteiger charge is 2.16. The number of halogens is 2. The normalized spacial score (nSPS) is 9.44. The van der Waals surface area contributed by atoms with Crippen LogP contribution in [0.25, 0.3) is 0 Å². The first-order valence-corrected chi connectivity index (χ1v) is 5.49. The summed E-state index contributed by atoms with van der Waals surface area (Å²) in [6, 6.07) is 4.30. The molecule has 0 saturated carbocycles. The molecule has 94 valence electrons. The van der Waals surface area contributed by atoms with Gasteiger partial charge in [-0.1, -0.05) is 23.2 Å². The van der Waals surface area contributed by atoms with E-state index in [0.717, 1.165) is 0 Å². The summed E-state index contributed by atoms with van der Waals surface area (Å²) in [5.41, 5.74) is 0.217. The maximum Gasteiger partial charge on any atom is 0.340 e. The molecule has 0 aliphatic carbocycles. The average Bonchev–Trinajstić information content (AvgIpc) is 2.32. The fourth-order valence-electron chi connectivity index (χ4n) is 1.20. The van der Waals surface area contributed by atoms with Gasteiger partial charge in [0.05, 0.1) is 34.5 Å². The highest BCUT2D eigenvalue weighted by Crippen LogP contribution is 2.29. The largest absolute Gasteiger partial charge is 0.465 e. The van der Waals surface area contributed by atoms with Gasteiger partial charge in [-0.15, -0.1) is 0 Å². The van der Waals surface area contributed by atoms with E-state index in [2.05, 4.69) is 10.1 Å². The van der Waals surface area contributed by atoms with Gasteiger partial charge in [-0.25, -0.2) is 4.79 Å². The molecular formula is C11H8Cl2N2O3. The molecule has 1 aromatic carbocycles. The molecule has 0 aromatic heterocycles. The Morgan fingerprint density at radius 3 is 2.56 bits per heavy atom. The molecule has 0 aliphatic heterocycles. The van der Waals surface area contributed by atoms with Crippen LogP contribution in [0.1, 0.15) is 16.8 Å². The number of esters is 1. The van der Waals surface area contributed by atoms with Crippen molar-refractivity contribution in [3.63, 3.8) is 0 Å². The number of benzene rings is 1. The second kappa shape index (κ2) is 6.24. The van der Waals surface area contributed by atoms with Crippen molar-refractivity contribution >= 4 is 40.8 Å². The fraction of sp³-hybridized carbons (Fsp3) is 0.182. The summed E-state index contributed by atoms with van der Waals surface area (Å²) < 4.78 is 4.56. The van der Waals surface area contributed by atoms with Crippen LogP contribution < -0.4 is 5.32 Å². The van der Waals surface area contributed by atoms with E-state index in [0.29, 0.717) is 0 Å². The van der Waals surface area contributed by atoms with Gasteiger partial charge in [-0.2, -0.15) is 5.26 Å². The summed E-state index contributed by atoms with van der Waals surface area (Å²) in [5.74, 6) is -1.22. The van der Waals surface area contributed by atoms with Gasteiger partial charge < -0.3 is 10.1 Å². The monoisotopic (exact) mass is 286 g/mol. The van der Waals surface area contributed by atoms with Gasteiger partial charge in [0, 0.05) is 0 Å². The van der Waals surface area contributed by atoms with Gasteiger partial charge in [0.1, 0.15) is 6.42 Å². The standard InChI is InChI=1S/C11H8Cl2N2O3/c1-18-11(17)6-4-7(12)8(13)5-9(6)15-10(16)2-3-14/h4-5H,2H2,1H3,(H,15,16). The Morgan fingerprint density at radius 1 is 1.39 bits per heavy atom. The van der Waals surface area contributed by atoms with Crippen LogP contribution in [0.2, 0.25) is 10.0 Å². The molecule has 1 aromatic rings. The molecule has 0 heterocycles. The van der Waals surface area contributed by atoms with Crippen molar-refractivity contribution in [2.45, 2.75) is 6.42 Å². The van der Waals surface area contributed by atoms with Crippen LogP contribution in [-0.4, -0.2) is 19.0 Å². The van der Waals surface area contributed by atoms with E-state index in [1.807, 2.05) is 0 Å². The second-order valence-electron chi connectivity index (χ2n) is 3.19. The molecule has 1 N–H and O–H groups in total. The Hall–Kier alpha value is -1.77. The summed E-state index contributed by atoms with van der Waals surface area (Å²) in [6.07, 6.45) is -0.332. The zero-order valence-corrected chi connectivity index (χ0v) is 10.8. The van der Waals surface area contributed by atoms with E-state index in [9.17, 15) is 9.59 Å². The molecule has 0 unspecified atom stereocenters. The number of methoxy groups -OCH3 is 1. The Morgan fingerprint density at radius 2 is 2.00 bits per heavy atom. The van der Waals surface area contributed by atoms with E-state index >= 15 is 0 Å². The number of hydrogen-bond donors (Lipinski definition) is 1. The van der Waals surface area contributed by atoms with E-state index in [1.165, 1.54) is 19.2 Å². The highest BCUT2D eigenvalue weighted by atomic mass is 35.5. The maximum atomic E-state index is 11.5. The fourth-order valence-corrected chi connectivity index (χ4v) is 1.52. The number of amides is 1. The van der Waals surface area contributed by atoms with Crippen LogP contribution in [0.4, 0.5) is 5.69 Å². The number of nitrogens with zero attached hydrogens (tertiary/aromatic N) is 1. The van der Waals surface area contributed by atoms with Crippen molar-refractivity contribution < 1.29 is 14.3 Å². The number of anilines is 1. The van der Waals surface area contributed by atoms with Crippen LogP contribution >= 0.6 is 23.2 Å². The summed E-state index contributed by atoms with van der Waals surface area (Å²) in [5, 5.41) is 11.1. The summed E-state index contributed by atoms with van der Waals surface area (Å²) in [7, 11) is 1.20. The molecule has 7 heteroatoms. The molecule has 0 bridgehead atoms. The van der Waals surface area contributed by atoms with Crippen LogP contribution in [-0.2, 0) is 9.53 Å². The van der Waals surface area contributed by atoms with Crippen LogP contribution in [0.15, 0.2) is 12.1 Å². The van der Waals surface area contributed by atoms with Crippen LogP contribution in [0.5, 0.6) is 0 Å². The maximum absolute atomic E-state index is 11.5. The first-order chi connectivity index (χ1) is 8.49. The quantitative estimate of drug-likeness (QED) is 0.867. The van der Waals surface area contributed by atoms with Gasteiger partial charge in [0.2, 0.25) is 5.91 Å². The molecule has 0 radical (unpaired) electrons. The number of carbonyl (C=O) groups excluding carboxylic acids is 2. The predicted molar refractivity (Wildman–Crippen MR) is 66.7 cm³/mol. The number of nitrogens with one attached hydrogen (secondary N) is 1. The molecule has 0 saturated heterocycles. The number of nitriles is 1. The molecule has 0 fully saturated rings. The van der Waals surface area contributed by atoms with E-state index in [4.69, 9.17) is 28.5 Å². The van der Waals surface area contributed by atoms with Crippen molar-refractivity contribution in [3.8, 4) is 6.07 Å². The first kappa shape index (κ1) is 14.3. The van der Waals surface area contributed by atoms with Crippen LogP contribution in [0, 0.1) is 11.3 Å². The number of ether oxygens (including phenoxy) is 1.